The molecule has 3 aromatic carbocycles. The molecule has 108 valence electrons. The summed E-state index contributed by atoms with van der Waals surface area (Å²) in [5.74, 6) is 0. The topological polar surface area (TPSA) is 12.4 Å². The Hall–Kier alpha value is -2.38. The Bertz CT molecular complexity index is 711. The fraction of sp³-hybridized carbons (Fsp3) is 0.0500. The molecule has 0 N–H and O–H groups in total. The van der Waals surface area contributed by atoms with Crippen molar-refractivity contribution in [3.05, 3.63) is 107 Å². The Morgan fingerprint density at radius 3 is 1.73 bits per heavy atom. The van der Waals surface area contributed by atoms with Crippen LogP contribution in [0.15, 0.2) is 89.9 Å². The van der Waals surface area contributed by atoms with E-state index in [-0.39, 0.29) is 6.04 Å². The number of rotatable bonds is 4. The van der Waals surface area contributed by atoms with Crippen LogP contribution in [0, 0.1) is 0 Å². The molecule has 0 unspecified atom stereocenters. The SMILES string of the molecule is Clc1ccccc1C=NC(c1ccccc1)c1ccccc1. The van der Waals surface area contributed by atoms with Crippen molar-refractivity contribution in [3.63, 3.8) is 0 Å². The van der Waals surface area contributed by atoms with E-state index in [1.54, 1.807) is 0 Å². The molecule has 0 amide bonds. The van der Waals surface area contributed by atoms with Crippen molar-refractivity contribution in [2.75, 3.05) is 0 Å². The molecule has 0 radical (unpaired) electrons. The zero-order valence-electron chi connectivity index (χ0n) is 12.1. The lowest BCUT2D eigenvalue weighted by Crippen LogP contribution is -1.99. The highest BCUT2D eigenvalue weighted by Crippen LogP contribution is 2.26. The number of aliphatic imine (C=N–C) groups is 1. The Morgan fingerprint density at radius 1 is 0.682 bits per heavy atom. The van der Waals surface area contributed by atoms with E-state index in [0.717, 1.165) is 16.7 Å². The fourth-order valence-corrected chi connectivity index (χ4v) is 2.55. The number of benzene rings is 3. The lowest BCUT2D eigenvalue weighted by atomic mass is 9.99. The first kappa shape index (κ1) is 14.6. The van der Waals surface area contributed by atoms with Crippen LogP contribution in [-0.4, -0.2) is 6.21 Å². The van der Waals surface area contributed by atoms with Crippen LogP contribution >= 0.6 is 11.6 Å². The van der Waals surface area contributed by atoms with Crippen molar-refractivity contribution >= 4 is 17.8 Å². The molecular formula is C20H16ClN. The Kier molecular flexibility index (Phi) is 4.67. The third-order valence-electron chi connectivity index (χ3n) is 3.50. The van der Waals surface area contributed by atoms with E-state index in [1.807, 2.05) is 66.9 Å². The number of halogens is 1. The standard InChI is InChI=1S/C20H16ClN/c21-19-14-8-7-13-18(19)15-22-20(16-9-3-1-4-10-16)17-11-5-2-6-12-17/h1-15,20H. The van der Waals surface area contributed by atoms with Crippen molar-refractivity contribution in [2.24, 2.45) is 4.99 Å². The molecule has 0 aromatic heterocycles. The molecule has 0 spiro atoms. The highest BCUT2D eigenvalue weighted by molar-refractivity contribution is 6.33. The van der Waals surface area contributed by atoms with Crippen molar-refractivity contribution < 1.29 is 0 Å². The van der Waals surface area contributed by atoms with Crippen LogP contribution in [0.3, 0.4) is 0 Å². The zero-order chi connectivity index (χ0) is 15.2. The minimum Gasteiger partial charge on any atom is -0.280 e. The number of nitrogens with zero attached hydrogens (tertiary/aromatic N) is 1. The predicted octanol–water partition coefficient (Wildman–Crippen LogP) is 5.55. The first-order valence-corrected chi connectivity index (χ1v) is 7.60. The van der Waals surface area contributed by atoms with E-state index in [4.69, 9.17) is 16.6 Å². The monoisotopic (exact) mass is 305 g/mol. The fourth-order valence-electron chi connectivity index (χ4n) is 2.37. The highest BCUT2D eigenvalue weighted by Gasteiger charge is 2.11. The summed E-state index contributed by atoms with van der Waals surface area (Å²) in [6.45, 7) is 0. The molecular weight excluding hydrogens is 290 g/mol. The third kappa shape index (κ3) is 3.44. The number of hydrogen-bond donors (Lipinski definition) is 0. The summed E-state index contributed by atoms with van der Waals surface area (Å²) in [6.07, 6.45) is 1.85. The molecule has 2 heteroatoms. The highest BCUT2D eigenvalue weighted by atomic mass is 35.5. The van der Waals surface area contributed by atoms with Crippen molar-refractivity contribution in [1.29, 1.82) is 0 Å². The van der Waals surface area contributed by atoms with Gasteiger partial charge in [-0.05, 0) is 17.2 Å². The molecule has 3 aromatic rings. The summed E-state index contributed by atoms with van der Waals surface area (Å²) in [6, 6.07) is 28.3. The first-order valence-electron chi connectivity index (χ1n) is 7.22. The van der Waals surface area contributed by atoms with Crippen LogP contribution in [0.1, 0.15) is 22.7 Å². The smallest absolute Gasteiger partial charge is 0.0999 e. The first-order chi connectivity index (χ1) is 10.8. The second kappa shape index (κ2) is 7.06. The van der Waals surface area contributed by atoms with E-state index in [1.165, 1.54) is 0 Å². The summed E-state index contributed by atoms with van der Waals surface area (Å²) in [5.41, 5.74) is 3.26. The summed E-state index contributed by atoms with van der Waals surface area (Å²) >= 11 is 6.21. The molecule has 0 fully saturated rings. The predicted molar refractivity (Wildman–Crippen MR) is 93.8 cm³/mol. The molecule has 0 atom stereocenters. The molecule has 3 rings (SSSR count). The van der Waals surface area contributed by atoms with Crippen LogP contribution < -0.4 is 0 Å². The molecule has 0 heterocycles. The van der Waals surface area contributed by atoms with Gasteiger partial charge in [-0.25, -0.2) is 0 Å². The lowest BCUT2D eigenvalue weighted by Gasteiger charge is -2.13. The van der Waals surface area contributed by atoms with Gasteiger partial charge in [0.05, 0.1) is 6.04 Å². The van der Waals surface area contributed by atoms with Gasteiger partial charge in [0.25, 0.3) is 0 Å². The van der Waals surface area contributed by atoms with Crippen LogP contribution in [0.4, 0.5) is 0 Å². The van der Waals surface area contributed by atoms with Crippen LogP contribution in [-0.2, 0) is 0 Å². The van der Waals surface area contributed by atoms with Gasteiger partial charge in [0, 0.05) is 16.8 Å². The van der Waals surface area contributed by atoms with Gasteiger partial charge in [-0.3, -0.25) is 4.99 Å². The second-order valence-electron chi connectivity index (χ2n) is 5.02. The van der Waals surface area contributed by atoms with Gasteiger partial charge < -0.3 is 0 Å². The molecule has 0 bridgehead atoms. The van der Waals surface area contributed by atoms with Gasteiger partial charge >= 0.3 is 0 Å². The molecule has 0 aliphatic carbocycles. The van der Waals surface area contributed by atoms with E-state index < -0.39 is 0 Å². The van der Waals surface area contributed by atoms with Gasteiger partial charge in [-0.1, -0.05) is 90.5 Å². The molecule has 0 aliphatic rings. The van der Waals surface area contributed by atoms with Crippen molar-refractivity contribution in [1.82, 2.24) is 0 Å². The van der Waals surface area contributed by atoms with Crippen LogP contribution in [0.2, 0.25) is 5.02 Å². The van der Waals surface area contributed by atoms with Crippen molar-refractivity contribution in [2.45, 2.75) is 6.04 Å². The second-order valence-corrected chi connectivity index (χ2v) is 5.43. The van der Waals surface area contributed by atoms with E-state index >= 15 is 0 Å². The van der Waals surface area contributed by atoms with Gasteiger partial charge in [0.1, 0.15) is 0 Å². The van der Waals surface area contributed by atoms with Gasteiger partial charge in [-0.2, -0.15) is 0 Å². The Labute approximate surface area is 135 Å². The maximum atomic E-state index is 6.21. The average molecular weight is 306 g/mol. The largest absolute Gasteiger partial charge is 0.280 e. The van der Waals surface area contributed by atoms with E-state index in [2.05, 4.69) is 24.3 Å². The maximum Gasteiger partial charge on any atom is 0.0999 e. The lowest BCUT2D eigenvalue weighted by molar-refractivity contribution is 0.878. The maximum absolute atomic E-state index is 6.21. The molecule has 0 saturated heterocycles. The third-order valence-corrected chi connectivity index (χ3v) is 3.84. The Morgan fingerprint density at radius 2 is 1.18 bits per heavy atom. The minimum absolute atomic E-state index is 0.0290. The van der Waals surface area contributed by atoms with E-state index in [0.29, 0.717) is 5.02 Å². The van der Waals surface area contributed by atoms with Gasteiger partial charge in [0.15, 0.2) is 0 Å². The van der Waals surface area contributed by atoms with Crippen LogP contribution in [0.5, 0.6) is 0 Å². The molecule has 0 saturated carbocycles. The molecule has 0 aliphatic heterocycles. The van der Waals surface area contributed by atoms with E-state index in [9.17, 15) is 0 Å². The molecule has 22 heavy (non-hydrogen) atoms. The molecule has 1 nitrogen and oxygen atoms in total. The summed E-state index contributed by atoms with van der Waals surface area (Å²) in [4.78, 5) is 4.79. The van der Waals surface area contributed by atoms with Crippen molar-refractivity contribution in [3.8, 4) is 0 Å². The van der Waals surface area contributed by atoms with Crippen LogP contribution in [0.25, 0.3) is 0 Å². The van der Waals surface area contributed by atoms with Gasteiger partial charge in [0.2, 0.25) is 0 Å². The number of hydrogen-bond acceptors (Lipinski definition) is 1. The average Bonchev–Trinajstić information content (AvgIpc) is 2.59. The summed E-state index contributed by atoms with van der Waals surface area (Å²) in [5, 5.41) is 0.714. The summed E-state index contributed by atoms with van der Waals surface area (Å²) < 4.78 is 0. The zero-order valence-corrected chi connectivity index (χ0v) is 12.8. The Balaban J connectivity index is 1.98. The normalized spacial score (nSPS) is 11.2. The quantitative estimate of drug-likeness (QED) is 0.560. The summed E-state index contributed by atoms with van der Waals surface area (Å²) in [7, 11) is 0. The van der Waals surface area contributed by atoms with Gasteiger partial charge in [-0.15, -0.1) is 0 Å². The minimum atomic E-state index is -0.0290.